The van der Waals surface area contributed by atoms with Gasteiger partial charge in [-0.25, -0.2) is 0 Å². The summed E-state index contributed by atoms with van der Waals surface area (Å²) >= 11 is 3.31. The average Bonchev–Trinajstić information content (AvgIpc) is 2.25. The molecule has 0 aromatic carbocycles. The van der Waals surface area contributed by atoms with Gasteiger partial charge in [-0.15, -0.1) is 0 Å². The van der Waals surface area contributed by atoms with Crippen LogP contribution in [0, 0.1) is 6.92 Å². The van der Waals surface area contributed by atoms with Crippen LogP contribution in [0.4, 0.5) is 0 Å². The van der Waals surface area contributed by atoms with Gasteiger partial charge >= 0.3 is 0 Å². The van der Waals surface area contributed by atoms with Crippen molar-refractivity contribution in [2.45, 2.75) is 33.2 Å². The first-order chi connectivity index (χ1) is 8.04. The molecular weight excluding hydrogens is 284 g/mol. The van der Waals surface area contributed by atoms with Gasteiger partial charge in [-0.1, -0.05) is 13.3 Å². The van der Waals surface area contributed by atoms with E-state index in [1.165, 1.54) is 4.57 Å². The Labute approximate surface area is 109 Å². The summed E-state index contributed by atoms with van der Waals surface area (Å²) in [6.07, 6.45) is 3.63. The fraction of sp³-hybridized carbons (Fsp3) is 0.500. The van der Waals surface area contributed by atoms with Crippen molar-refractivity contribution in [2.24, 2.45) is 0 Å². The lowest BCUT2D eigenvalue weighted by atomic mass is 10.3. The molecule has 0 spiro atoms. The molecule has 4 nitrogen and oxygen atoms in total. The van der Waals surface area contributed by atoms with E-state index in [0.29, 0.717) is 12.1 Å². The lowest BCUT2D eigenvalue weighted by molar-refractivity contribution is -0.121. The highest BCUT2D eigenvalue weighted by molar-refractivity contribution is 9.10. The van der Waals surface area contributed by atoms with Gasteiger partial charge in [-0.05, 0) is 35.3 Å². The minimum atomic E-state index is -0.127. The van der Waals surface area contributed by atoms with Crippen LogP contribution in [0.25, 0.3) is 0 Å². The molecule has 1 heterocycles. The van der Waals surface area contributed by atoms with E-state index in [1.807, 2.05) is 0 Å². The zero-order valence-electron chi connectivity index (χ0n) is 10.1. The number of nitrogens with one attached hydrogen (secondary N) is 1. The van der Waals surface area contributed by atoms with Crippen LogP contribution in [0.15, 0.2) is 21.5 Å². The number of amides is 1. The Kier molecular flexibility index (Phi) is 5.41. The number of carbonyl (C=O) groups is 1. The molecule has 0 radical (unpaired) electrons. The molecule has 0 unspecified atom stereocenters. The standard InChI is InChI=1S/C12H17BrN2O2/c1-3-4-5-14-11(16)8-15-7-10(13)6-9(2)12(15)17/h6-7H,3-5,8H2,1-2H3,(H,14,16). The molecule has 0 saturated heterocycles. The summed E-state index contributed by atoms with van der Waals surface area (Å²) in [5, 5.41) is 2.78. The van der Waals surface area contributed by atoms with E-state index in [4.69, 9.17) is 0 Å². The van der Waals surface area contributed by atoms with Crippen LogP contribution in [0.3, 0.4) is 0 Å². The van der Waals surface area contributed by atoms with Crippen molar-refractivity contribution in [1.29, 1.82) is 0 Å². The Bertz CT molecular complexity index is 454. The van der Waals surface area contributed by atoms with Crippen LogP contribution in [0.5, 0.6) is 0 Å². The van der Waals surface area contributed by atoms with Crippen LogP contribution in [-0.4, -0.2) is 17.0 Å². The van der Waals surface area contributed by atoms with Crippen LogP contribution in [0.2, 0.25) is 0 Å². The van der Waals surface area contributed by atoms with E-state index in [0.717, 1.165) is 17.3 Å². The quantitative estimate of drug-likeness (QED) is 0.844. The predicted molar refractivity (Wildman–Crippen MR) is 71.1 cm³/mol. The lowest BCUT2D eigenvalue weighted by Gasteiger charge is -2.08. The third-order valence-corrected chi connectivity index (χ3v) is 2.83. The third kappa shape index (κ3) is 4.34. The molecule has 1 aromatic heterocycles. The van der Waals surface area contributed by atoms with Crippen molar-refractivity contribution < 1.29 is 4.79 Å². The molecule has 17 heavy (non-hydrogen) atoms. The summed E-state index contributed by atoms with van der Waals surface area (Å²) < 4.78 is 2.22. The van der Waals surface area contributed by atoms with Gasteiger partial charge in [0.1, 0.15) is 6.54 Å². The second kappa shape index (κ2) is 6.59. The van der Waals surface area contributed by atoms with Crippen molar-refractivity contribution in [3.63, 3.8) is 0 Å². The van der Waals surface area contributed by atoms with Crippen molar-refractivity contribution in [1.82, 2.24) is 9.88 Å². The molecule has 5 heteroatoms. The molecule has 0 aliphatic rings. The fourth-order valence-corrected chi connectivity index (χ4v) is 2.06. The first kappa shape index (κ1) is 14.0. The molecule has 1 aromatic rings. The minimum absolute atomic E-state index is 0.0722. The summed E-state index contributed by atoms with van der Waals surface area (Å²) in [7, 11) is 0. The van der Waals surface area contributed by atoms with Crippen molar-refractivity contribution >= 4 is 21.8 Å². The summed E-state index contributed by atoms with van der Waals surface area (Å²) in [6, 6.07) is 1.74. The summed E-state index contributed by atoms with van der Waals surface area (Å²) in [5.74, 6) is -0.127. The van der Waals surface area contributed by atoms with Crippen LogP contribution >= 0.6 is 15.9 Å². The van der Waals surface area contributed by atoms with Gasteiger partial charge < -0.3 is 9.88 Å². The predicted octanol–water partition coefficient (Wildman–Crippen LogP) is 1.84. The highest BCUT2D eigenvalue weighted by Gasteiger charge is 2.06. The largest absolute Gasteiger partial charge is 0.355 e. The number of unbranched alkanes of at least 4 members (excludes halogenated alkanes) is 1. The van der Waals surface area contributed by atoms with E-state index in [1.54, 1.807) is 19.2 Å². The smallest absolute Gasteiger partial charge is 0.253 e. The third-order valence-electron chi connectivity index (χ3n) is 2.40. The Morgan fingerprint density at radius 2 is 2.24 bits per heavy atom. The Morgan fingerprint density at radius 3 is 2.88 bits per heavy atom. The number of rotatable bonds is 5. The molecule has 0 bridgehead atoms. The Balaban J connectivity index is 2.68. The van der Waals surface area contributed by atoms with Gasteiger partial charge in [0, 0.05) is 22.8 Å². The summed E-state index contributed by atoms with van der Waals surface area (Å²) in [5.41, 5.74) is 0.500. The van der Waals surface area contributed by atoms with E-state index in [9.17, 15) is 9.59 Å². The number of nitrogens with zero attached hydrogens (tertiary/aromatic N) is 1. The molecule has 0 fully saturated rings. The number of aryl methyl sites for hydroxylation is 1. The average molecular weight is 301 g/mol. The monoisotopic (exact) mass is 300 g/mol. The number of pyridine rings is 1. The minimum Gasteiger partial charge on any atom is -0.355 e. The van der Waals surface area contributed by atoms with Gasteiger partial charge in [0.15, 0.2) is 0 Å². The second-order valence-corrected chi connectivity index (χ2v) is 4.89. The highest BCUT2D eigenvalue weighted by Crippen LogP contribution is 2.07. The molecule has 1 N–H and O–H groups in total. The van der Waals surface area contributed by atoms with E-state index in [-0.39, 0.29) is 18.0 Å². The molecule has 94 valence electrons. The molecular formula is C12H17BrN2O2. The number of hydrogen-bond donors (Lipinski definition) is 1. The summed E-state index contributed by atoms with van der Waals surface area (Å²) in [6.45, 7) is 4.53. The first-order valence-corrected chi connectivity index (χ1v) is 6.47. The molecule has 0 aliphatic carbocycles. The molecule has 0 aliphatic heterocycles. The highest BCUT2D eigenvalue weighted by atomic mass is 79.9. The number of carbonyl (C=O) groups excluding carboxylic acids is 1. The van der Waals surface area contributed by atoms with Crippen molar-refractivity contribution in [3.05, 3.63) is 32.7 Å². The zero-order chi connectivity index (χ0) is 12.8. The lowest BCUT2D eigenvalue weighted by Crippen LogP contribution is -2.33. The van der Waals surface area contributed by atoms with Gasteiger partial charge in [-0.3, -0.25) is 9.59 Å². The Morgan fingerprint density at radius 1 is 1.53 bits per heavy atom. The fourth-order valence-electron chi connectivity index (χ4n) is 1.47. The van der Waals surface area contributed by atoms with E-state index >= 15 is 0 Å². The van der Waals surface area contributed by atoms with Gasteiger partial charge in [-0.2, -0.15) is 0 Å². The maximum atomic E-state index is 11.7. The SMILES string of the molecule is CCCCNC(=O)Cn1cc(Br)cc(C)c1=O. The topological polar surface area (TPSA) is 51.1 Å². The second-order valence-electron chi connectivity index (χ2n) is 3.98. The maximum absolute atomic E-state index is 11.7. The first-order valence-electron chi connectivity index (χ1n) is 5.68. The maximum Gasteiger partial charge on any atom is 0.253 e. The van der Waals surface area contributed by atoms with Crippen LogP contribution in [-0.2, 0) is 11.3 Å². The normalized spacial score (nSPS) is 10.3. The molecule has 1 amide bonds. The molecule has 0 saturated carbocycles. The molecule has 0 atom stereocenters. The van der Waals surface area contributed by atoms with Gasteiger partial charge in [0.25, 0.3) is 5.56 Å². The Hall–Kier alpha value is -1.10. The number of halogens is 1. The zero-order valence-corrected chi connectivity index (χ0v) is 11.7. The van der Waals surface area contributed by atoms with Crippen molar-refractivity contribution in [2.75, 3.05) is 6.54 Å². The van der Waals surface area contributed by atoms with Crippen molar-refractivity contribution in [3.8, 4) is 0 Å². The number of hydrogen-bond acceptors (Lipinski definition) is 2. The van der Waals surface area contributed by atoms with E-state index < -0.39 is 0 Å². The number of aromatic nitrogens is 1. The molecule has 1 rings (SSSR count). The van der Waals surface area contributed by atoms with E-state index in [2.05, 4.69) is 28.2 Å². The van der Waals surface area contributed by atoms with Gasteiger partial charge in [0.05, 0.1) is 0 Å². The van der Waals surface area contributed by atoms with Gasteiger partial charge in [0.2, 0.25) is 5.91 Å². The van der Waals surface area contributed by atoms with Crippen LogP contribution in [0.1, 0.15) is 25.3 Å². The summed E-state index contributed by atoms with van der Waals surface area (Å²) in [4.78, 5) is 23.3. The van der Waals surface area contributed by atoms with Crippen LogP contribution < -0.4 is 10.9 Å².